The van der Waals surface area contributed by atoms with Gasteiger partial charge >= 0.3 is 0 Å². The number of hydrogen-bond acceptors (Lipinski definition) is 6. The number of fused-ring (bicyclic) bond motifs is 1. The van der Waals surface area contributed by atoms with Gasteiger partial charge in [0.15, 0.2) is 6.29 Å². The Hall–Kier alpha value is -2.45. The summed E-state index contributed by atoms with van der Waals surface area (Å²) < 4.78 is 23.7. The van der Waals surface area contributed by atoms with E-state index in [0.717, 1.165) is 5.56 Å². The third-order valence-corrected chi connectivity index (χ3v) is 4.80. The lowest BCUT2D eigenvalue weighted by Crippen LogP contribution is -2.67. The molecule has 7 nitrogen and oxygen atoms in total. The second-order valence-corrected chi connectivity index (χ2v) is 6.87. The lowest BCUT2D eigenvalue weighted by molar-refractivity contribution is -0.333. The van der Waals surface area contributed by atoms with Gasteiger partial charge in [-0.1, -0.05) is 48.5 Å². The molecule has 2 N–H and O–H groups in total. The first-order valence-corrected chi connectivity index (χ1v) is 9.26. The Morgan fingerprint density at radius 3 is 2.43 bits per heavy atom. The Bertz CT molecular complexity index is 786. The van der Waals surface area contributed by atoms with Gasteiger partial charge < -0.3 is 29.4 Å². The van der Waals surface area contributed by atoms with Gasteiger partial charge in [-0.2, -0.15) is 0 Å². The average molecular weight is 385 g/mol. The molecule has 0 spiro atoms. The SMILES string of the molecule is CC(=O)NC1C(O)[C@H]2OC(c3ccccc3)OCC2O[C@@H]1Oc1ccccc1. The molecule has 7 heteroatoms. The largest absolute Gasteiger partial charge is 0.463 e. The quantitative estimate of drug-likeness (QED) is 0.834. The molecular weight excluding hydrogens is 362 g/mol. The Balaban J connectivity index is 1.53. The van der Waals surface area contributed by atoms with Gasteiger partial charge in [0.1, 0.15) is 30.1 Å². The molecule has 0 bridgehead atoms. The Labute approximate surface area is 163 Å². The third kappa shape index (κ3) is 4.02. The van der Waals surface area contributed by atoms with Crippen molar-refractivity contribution in [1.29, 1.82) is 0 Å². The van der Waals surface area contributed by atoms with E-state index in [1.807, 2.05) is 48.5 Å². The van der Waals surface area contributed by atoms with Crippen molar-refractivity contribution in [2.75, 3.05) is 6.61 Å². The molecule has 2 aromatic carbocycles. The summed E-state index contributed by atoms with van der Waals surface area (Å²) in [6.07, 6.45) is -3.68. The van der Waals surface area contributed by atoms with E-state index < -0.39 is 36.9 Å². The molecule has 28 heavy (non-hydrogen) atoms. The van der Waals surface area contributed by atoms with Crippen LogP contribution in [-0.4, -0.2) is 48.3 Å². The number of rotatable bonds is 4. The van der Waals surface area contributed by atoms with E-state index in [0.29, 0.717) is 5.75 Å². The van der Waals surface area contributed by atoms with Crippen molar-refractivity contribution in [3.05, 3.63) is 66.2 Å². The lowest BCUT2D eigenvalue weighted by atomic mass is 9.95. The van der Waals surface area contributed by atoms with Crippen molar-refractivity contribution in [1.82, 2.24) is 5.32 Å². The van der Waals surface area contributed by atoms with Crippen molar-refractivity contribution in [2.24, 2.45) is 0 Å². The monoisotopic (exact) mass is 385 g/mol. The van der Waals surface area contributed by atoms with Crippen LogP contribution in [0.15, 0.2) is 60.7 Å². The molecule has 2 saturated heterocycles. The van der Waals surface area contributed by atoms with Crippen LogP contribution in [-0.2, 0) is 19.0 Å². The third-order valence-electron chi connectivity index (χ3n) is 4.80. The second-order valence-electron chi connectivity index (χ2n) is 6.87. The number of carbonyl (C=O) groups is 1. The van der Waals surface area contributed by atoms with Crippen LogP contribution in [0, 0.1) is 0 Å². The van der Waals surface area contributed by atoms with Crippen LogP contribution in [0.25, 0.3) is 0 Å². The summed E-state index contributed by atoms with van der Waals surface area (Å²) in [5, 5.41) is 13.7. The van der Waals surface area contributed by atoms with E-state index in [9.17, 15) is 9.90 Å². The van der Waals surface area contributed by atoms with Crippen molar-refractivity contribution in [3.8, 4) is 5.75 Å². The van der Waals surface area contributed by atoms with Gasteiger partial charge in [0.05, 0.1) is 6.61 Å². The maximum Gasteiger partial charge on any atom is 0.223 e. The van der Waals surface area contributed by atoms with Crippen molar-refractivity contribution in [2.45, 2.75) is 43.9 Å². The molecule has 2 heterocycles. The predicted molar refractivity (Wildman–Crippen MR) is 99.4 cm³/mol. The zero-order valence-corrected chi connectivity index (χ0v) is 15.4. The molecule has 6 atom stereocenters. The van der Waals surface area contributed by atoms with Crippen LogP contribution in [0.2, 0.25) is 0 Å². The molecule has 2 aromatic rings. The van der Waals surface area contributed by atoms with Gasteiger partial charge in [-0.3, -0.25) is 4.79 Å². The molecule has 0 radical (unpaired) electrons. The van der Waals surface area contributed by atoms with Crippen LogP contribution in [0.3, 0.4) is 0 Å². The molecule has 0 aliphatic carbocycles. The van der Waals surface area contributed by atoms with Gasteiger partial charge in [0.25, 0.3) is 0 Å². The highest BCUT2D eigenvalue weighted by Crippen LogP contribution is 2.34. The minimum Gasteiger partial charge on any atom is -0.463 e. The first-order valence-electron chi connectivity index (χ1n) is 9.26. The van der Waals surface area contributed by atoms with Gasteiger partial charge in [-0.05, 0) is 12.1 Å². The van der Waals surface area contributed by atoms with E-state index in [2.05, 4.69) is 5.32 Å². The summed E-state index contributed by atoms with van der Waals surface area (Å²) in [6.45, 7) is 1.62. The maximum absolute atomic E-state index is 11.7. The van der Waals surface area contributed by atoms with Crippen LogP contribution in [0.5, 0.6) is 5.75 Å². The number of amides is 1. The molecule has 148 valence electrons. The number of ether oxygens (including phenoxy) is 4. The van der Waals surface area contributed by atoms with Crippen LogP contribution in [0.1, 0.15) is 18.8 Å². The average Bonchev–Trinajstić information content (AvgIpc) is 2.72. The Kier molecular flexibility index (Phi) is 5.59. The van der Waals surface area contributed by atoms with E-state index in [4.69, 9.17) is 18.9 Å². The van der Waals surface area contributed by atoms with Gasteiger partial charge in [0.2, 0.25) is 12.2 Å². The van der Waals surface area contributed by atoms with E-state index in [1.165, 1.54) is 6.92 Å². The Morgan fingerprint density at radius 1 is 1.07 bits per heavy atom. The van der Waals surface area contributed by atoms with Crippen molar-refractivity contribution >= 4 is 5.91 Å². The van der Waals surface area contributed by atoms with E-state index >= 15 is 0 Å². The number of hydrogen-bond donors (Lipinski definition) is 2. The fourth-order valence-corrected chi connectivity index (χ4v) is 3.49. The van der Waals surface area contributed by atoms with Crippen molar-refractivity contribution < 1.29 is 28.8 Å². The first kappa shape index (κ1) is 18.9. The normalized spacial score (nSPS) is 32.2. The van der Waals surface area contributed by atoms with Gasteiger partial charge in [0, 0.05) is 12.5 Å². The van der Waals surface area contributed by atoms with Crippen LogP contribution >= 0.6 is 0 Å². The number of nitrogens with one attached hydrogen (secondary N) is 1. The summed E-state index contributed by atoms with van der Waals surface area (Å²) in [5.74, 6) is 0.285. The zero-order chi connectivity index (χ0) is 19.5. The molecular formula is C21H23NO6. The molecule has 4 rings (SSSR count). The zero-order valence-electron chi connectivity index (χ0n) is 15.4. The molecule has 2 aliphatic heterocycles. The van der Waals surface area contributed by atoms with E-state index in [-0.39, 0.29) is 12.5 Å². The fraction of sp³-hybridized carbons (Fsp3) is 0.381. The van der Waals surface area contributed by atoms with Crippen LogP contribution < -0.4 is 10.1 Å². The minimum atomic E-state index is -1.02. The molecule has 0 saturated carbocycles. The highest BCUT2D eigenvalue weighted by Gasteiger charge is 2.50. The summed E-state index contributed by atoms with van der Waals surface area (Å²) >= 11 is 0. The number of benzene rings is 2. The molecule has 4 unspecified atom stereocenters. The number of carbonyl (C=O) groups excluding carboxylic acids is 1. The molecule has 0 aromatic heterocycles. The van der Waals surface area contributed by atoms with Gasteiger partial charge in [-0.15, -0.1) is 0 Å². The number of para-hydroxylation sites is 1. The standard InChI is InChI=1S/C21H23NO6/c1-13(23)22-17-18(24)19-16(27-21(17)26-15-10-6-3-7-11-15)12-25-20(28-19)14-8-4-2-5-9-14/h2-11,16-21,24H,12H2,1H3,(H,22,23)/t16?,17?,18?,19-,20?,21-/m0/s1. The summed E-state index contributed by atoms with van der Waals surface area (Å²) in [5.41, 5.74) is 0.854. The Morgan fingerprint density at radius 2 is 1.75 bits per heavy atom. The summed E-state index contributed by atoms with van der Waals surface area (Å²) in [4.78, 5) is 11.7. The second kappa shape index (κ2) is 8.28. The minimum absolute atomic E-state index is 0.239. The number of aliphatic hydroxyl groups is 1. The smallest absolute Gasteiger partial charge is 0.223 e. The van der Waals surface area contributed by atoms with E-state index in [1.54, 1.807) is 12.1 Å². The molecule has 1 amide bonds. The molecule has 2 fully saturated rings. The first-order chi connectivity index (χ1) is 13.6. The van der Waals surface area contributed by atoms with Crippen LogP contribution in [0.4, 0.5) is 0 Å². The maximum atomic E-state index is 11.7. The summed E-state index contributed by atoms with van der Waals surface area (Å²) in [6, 6.07) is 17.8. The van der Waals surface area contributed by atoms with Crippen molar-refractivity contribution in [3.63, 3.8) is 0 Å². The topological polar surface area (TPSA) is 86.3 Å². The molecule has 2 aliphatic rings. The number of aliphatic hydroxyl groups excluding tert-OH is 1. The van der Waals surface area contributed by atoms with Gasteiger partial charge in [-0.25, -0.2) is 0 Å². The predicted octanol–water partition coefficient (Wildman–Crippen LogP) is 1.77. The highest BCUT2D eigenvalue weighted by atomic mass is 16.7. The summed E-state index contributed by atoms with van der Waals surface area (Å²) in [7, 11) is 0. The highest BCUT2D eigenvalue weighted by molar-refractivity contribution is 5.73. The fourth-order valence-electron chi connectivity index (χ4n) is 3.49. The lowest BCUT2D eigenvalue weighted by Gasteiger charge is -2.47.